The Hall–Kier alpha value is -3.40. The smallest absolute Gasteiger partial charge is 0.416 e. The molecule has 0 radical (unpaired) electrons. The maximum atomic E-state index is 13.1. The molecular formula is C24H22F3N3O3S. The van der Waals surface area contributed by atoms with E-state index in [1.807, 2.05) is 24.3 Å². The van der Waals surface area contributed by atoms with Crippen LogP contribution in [0.4, 0.5) is 18.0 Å². The Morgan fingerprint density at radius 1 is 1.09 bits per heavy atom. The third-order valence-electron chi connectivity index (χ3n) is 5.75. The van der Waals surface area contributed by atoms with Gasteiger partial charge < -0.3 is 10.1 Å². The van der Waals surface area contributed by atoms with Gasteiger partial charge in [0, 0.05) is 10.9 Å². The summed E-state index contributed by atoms with van der Waals surface area (Å²) in [5, 5.41) is 4.99. The zero-order chi connectivity index (χ0) is 24.5. The van der Waals surface area contributed by atoms with E-state index >= 15 is 0 Å². The van der Waals surface area contributed by atoms with E-state index in [2.05, 4.69) is 10.3 Å². The number of nitrogens with zero attached hydrogens (tertiary/aromatic N) is 2. The van der Waals surface area contributed by atoms with Gasteiger partial charge in [0.2, 0.25) is 0 Å². The van der Waals surface area contributed by atoms with Gasteiger partial charge in [-0.25, -0.2) is 9.78 Å². The van der Waals surface area contributed by atoms with Crippen LogP contribution in [0.1, 0.15) is 30.2 Å². The van der Waals surface area contributed by atoms with Crippen molar-refractivity contribution in [1.82, 2.24) is 15.2 Å². The first-order valence-corrected chi connectivity index (χ1v) is 11.4. The number of thiazole rings is 1. The second-order valence-corrected chi connectivity index (χ2v) is 9.08. The maximum absolute atomic E-state index is 13.1. The number of carbonyl (C=O) groups excluding carboxylic acids is 2. The number of rotatable bonds is 7. The fourth-order valence-electron chi connectivity index (χ4n) is 3.72. The van der Waals surface area contributed by atoms with Crippen LogP contribution in [0.2, 0.25) is 0 Å². The Morgan fingerprint density at radius 2 is 1.76 bits per heavy atom. The van der Waals surface area contributed by atoms with Crippen LogP contribution in [0.25, 0.3) is 10.6 Å². The molecule has 1 fully saturated rings. The lowest BCUT2D eigenvalue weighted by Crippen LogP contribution is -2.44. The van der Waals surface area contributed by atoms with E-state index in [1.165, 1.54) is 23.5 Å². The van der Waals surface area contributed by atoms with E-state index in [0.717, 1.165) is 28.3 Å². The number of methoxy groups -OCH3 is 1. The van der Waals surface area contributed by atoms with E-state index in [0.29, 0.717) is 29.1 Å². The van der Waals surface area contributed by atoms with Crippen molar-refractivity contribution in [2.45, 2.75) is 38.0 Å². The minimum Gasteiger partial charge on any atom is -0.497 e. The summed E-state index contributed by atoms with van der Waals surface area (Å²) in [6, 6.07) is 11.7. The number of amides is 3. The quantitative estimate of drug-likeness (QED) is 0.459. The first-order valence-electron chi connectivity index (χ1n) is 10.5. The number of hydrogen-bond acceptors (Lipinski definition) is 5. The van der Waals surface area contributed by atoms with Gasteiger partial charge in [-0.2, -0.15) is 13.2 Å². The normalized spacial score (nSPS) is 18.3. The van der Waals surface area contributed by atoms with E-state index in [-0.39, 0.29) is 12.5 Å². The molecule has 1 N–H and O–H groups in total. The van der Waals surface area contributed by atoms with Gasteiger partial charge in [-0.05, 0) is 49.6 Å². The summed E-state index contributed by atoms with van der Waals surface area (Å²) in [7, 11) is 1.59. The molecule has 2 heterocycles. The Kier molecular flexibility index (Phi) is 6.35. The number of ether oxygens (including phenoxy) is 1. The number of aryl methyl sites for hydroxylation is 1. The molecule has 1 atom stereocenters. The van der Waals surface area contributed by atoms with Gasteiger partial charge in [0.25, 0.3) is 5.91 Å². The topological polar surface area (TPSA) is 71.5 Å². The molecule has 0 spiro atoms. The van der Waals surface area contributed by atoms with Gasteiger partial charge in [-0.15, -0.1) is 11.3 Å². The molecular weight excluding hydrogens is 467 g/mol. The third-order valence-corrected chi connectivity index (χ3v) is 6.69. The number of nitrogens with one attached hydrogen (secondary N) is 1. The largest absolute Gasteiger partial charge is 0.497 e. The van der Waals surface area contributed by atoms with Gasteiger partial charge >= 0.3 is 12.2 Å². The van der Waals surface area contributed by atoms with Crippen LogP contribution in [0.15, 0.2) is 53.9 Å². The molecule has 0 aliphatic carbocycles. The second kappa shape index (κ2) is 9.09. The SMILES string of the molecule is COc1ccc(CC[C@@]2(C)NC(=O)N(Cc3csc(-c4ccc(C(F)(F)F)cc4)n3)C2=O)cc1. The van der Waals surface area contributed by atoms with Crippen LogP contribution in [-0.4, -0.2) is 34.5 Å². The van der Waals surface area contributed by atoms with Crippen molar-refractivity contribution in [3.8, 4) is 16.3 Å². The molecule has 34 heavy (non-hydrogen) atoms. The van der Waals surface area contributed by atoms with Gasteiger partial charge in [0.05, 0.1) is 24.9 Å². The van der Waals surface area contributed by atoms with Gasteiger partial charge in [0.15, 0.2) is 0 Å². The van der Waals surface area contributed by atoms with Crippen molar-refractivity contribution < 1.29 is 27.5 Å². The van der Waals surface area contributed by atoms with Gasteiger partial charge in [-0.3, -0.25) is 9.69 Å². The fraction of sp³-hybridized carbons (Fsp3) is 0.292. The van der Waals surface area contributed by atoms with Gasteiger partial charge in [-0.1, -0.05) is 24.3 Å². The van der Waals surface area contributed by atoms with Crippen molar-refractivity contribution in [2.24, 2.45) is 0 Å². The zero-order valence-electron chi connectivity index (χ0n) is 18.5. The molecule has 3 aromatic rings. The molecule has 1 saturated heterocycles. The number of imide groups is 1. The molecule has 0 saturated carbocycles. The molecule has 2 aromatic carbocycles. The summed E-state index contributed by atoms with van der Waals surface area (Å²) in [6.45, 7) is 1.69. The average molecular weight is 490 g/mol. The number of alkyl halides is 3. The standard InChI is InChI=1S/C24H22F3N3O3S/c1-23(12-11-15-3-9-19(33-2)10-4-15)21(31)30(22(32)29-23)13-18-14-34-20(28-18)16-5-7-17(8-6-16)24(25,26)27/h3-10,14H,11-13H2,1-2H3,(H,29,32)/t23-/m1/s1. The lowest BCUT2D eigenvalue weighted by atomic mass is 9.93. The van der Waals surface area contributed by atoms with E-state index in [1.54, 1.807) is 19.4 Å². The van der Waals surface area contributed by atoms with Crippen LogP contribution in [0, 0.1) is 0 Å². The number of hydrogen-bond donors (Lipinski definition) is 1. The van der Waals surface area contributed by atoms with E-state index in [9.17, 15) is 22.8 Å². The number of carbonyl (C=O) groups is 2. The Morgan fingerprint density at radius 3 is 2.38 bits per heavy atom. The molecule has 6 nitrogen and oxygen atoms in total. The summed E-state index contributed by atoms with van der Waals surface area (Å²) < 4.78 is 43.5. The summed E-state index contributed by atoms with van der Waals surface area (Å²) in [4.78, 5) is 31.2. The first kappa shape index (κ1) is 23.7. The maximum Gasteiger partial charge on any atom is 0.416 e. The van der Waals surface area contributed by atoms with Crippen molar-refractivity contribution in [2.75, 3.05) is 7.11 Å². The molecule has 1 aliphatic heterocycles. The fourth-order valence-corrected chi connectivity index (χ4v) is 4.54. The summed E-state index contributed by atoms with van der Waals surface area (Å²) in [5.41, 5.74) is 0.265. The highest BCUT2D eigenvalue weighted by Gasteiger charge is 2.47. The molecule has 1 aliphatic rings. The van der Waals surface area contributed by atoms with Crippen LogP contribution < -0.4 is 10.1 Å². The lowest BCUT2D eigenvalue weighted by molar-refractivity contribution is -0.137. The predicted molar refractivity (Wildman–Crippen MR) is 121 cm³/mol. The molecule has 10 heteroatoms. The Balaban J connectivity index is 1.41. The van der Waals surface area contributed by atoms with Crippen LogP contribution in [0.5, 0.6) is 5.75 Å². The minimum atomic E-state index is -4.41. The highest BCUT2D eigenvalue weighted by atomic mass is 32.1. The number of aromatic nitrogens is 1. The van der Waals surface area contributed by atoms with Crippen molar-refractivity contribution in [1.29, 1.82) is 0 Å². The van der Waals surface area contributed by atoms with E-state index < -0.39 is 23.3 Å². The highest BCUT2D eigenvalue weighted by Crippen LogP contribution is 2.32. The lowest BCUT2D eigenvalue weighted by Gasteiger charge is -2.21. The summed E-state index contributed by atoms with van der Waals surface area (Å²) in [6.07, 6.45) is -3.39. The highest BCUT2D eigenvalue weighted by molar-refractivity contribution is 7.13. The Labute approximate surface area is 198 Å². The zero-order valence-corrected chi connectivity index (χ0v) is 19.3. The summed E-state index contributed by atoms with van der Waals surface area (Å²) in [5.74, 6) is 0.403. The molecule has 4 rings (SSSR count). The van der Waals surface area contributed by atoms with Crippen molar-refractivity contribution >= 4 is 23.3 Å². The third kappa shape index (κ3) is 4.91. The Bertz CT molecular complexity index is 1190. The van der Waals surface area contributed by atoms with Crippen LogP contribution in [0.3, 0.4) is 0 Å². The summed E-state index contributed by atoms with van der Waals surface area (Å²) >= 11 is 1.24. The predicted octanol–water partition coefficient (Wildman–Crippen LogP) is 5.28. The number of urea groups is 1. The van der Waals surface area contributed by atoms with Crippen molar-refractivity contribution in [3.63, 3.8) is 0 Å². The van der Waals surface area contributed by atoms with Crippen LogP contribution in [-0.2, 0) is 23.9 Å². The van der Waals surface area contributed by atoms with Gasteiger partial charge in [0.1, 0.15) is 16.3 Å². The number of halogens is 3. The molecule has 178 valence electrons. The molecule has 1 aromatic heterocycles. The monoisotopic (exact) mass is 489 g/mol. The van der Waals surface area contributed by atoms with Crippen LogP contribution >= 0.6 is 11.3 Å². The minimum absolute atomic E-state index is 0.0140. The molecule has 0 bridgehead atoms. The first-order chi connectivity index (χ1) is 16.1. The van der Waals surface area contributed by atoms with E-state index in [4.69, 9.17) is 4.74 Å². The second-order valence-electron chi connectivity index (χ2n) is 8.22. The number of benzene rings is 2. The average Bonchev–Trinajstić information content (AvgIpc) is 3.36. The molecule has 0 unspecified atom stereocenters. The van der Waals surface area contributed by atoms with Crippen molar-refractivity contribution in [3.05, 3.63) is 70.7 Å². The molecule has 3 amide bonds.